The number of nitrogens with zero attached hydrogens (tertiary/aromatic N) is 7. The van der Waals surface area contributed by atoms with Gasteiger partial charge in [0.05, 0.1) is 34.8 Å². The van der Waals surface area contributed by atoms with Crippen LogP contribution in [0.3, 0.4) is 0 Å². The van der Waals surface area contributed by atoms with E-state index in [4.69, 9.17) is 21.5 Å². The Hall–Kier alpha value is -14.9. The Bertz CT molecular complexity index is 7450. The first-order chi connectivity index (χ1) is 53.4. The van der Waals surface area contributed by atoms with Crippen LogP contribution in [0, 0.1) is 17.9 Å². The van der Waals surface area contributed by atoms with Crippen LogP contribution in [0.5, 0.6) is 0 Å². The van der Waals surface area contributed by atoms with Gasteiger partial charge in [-0.25, -0.2) is 19.8 Å². The molecular weight excluding hydrogens is 1310 g/mol. The third-order valence-corrected chi connectivity index (χ3v) is 22.4. The normalized spacial score (nSPS) is 11.9. The van der Waals surface area contributed by atoms with Crippen LogP contribution in [0.2, 0.25) is 0 Å². The first-order valence-corrected chi connectivity index (χ1v) is 36.4. The Balaban J connectivity index is 0.000000142. The highest BCUT2D eigenvalue weighted by Crippen LogP contribution is 2.48. The lowest BCUT2D eigenvalue weighted by atomic mass is 9.89. The summed E-state index contributed by atoms with van der Waals surface area (Å²) in [5.74, 6) is 1.95. The van der Waals surface area contributed by atoms with Crippen molar-refractivity contribution in [3.8, 4) is 96.1 Å². The molecule has 0 N–H and O–H groups in total. The van der Waals surface area contributed by atoms with Gasteiger partial charge in [0, 0.05) is 60.5 Å². The van der Waals surface area contributed by atoms with Crippen LogP contribution in [0.15, 0.2) is 346 Å². The van der Waals surface area contributed by atoms with Gasteiger partial charge in [0.15, 0.2) is 23.2 Å². The fourth-order valence-corrected chi connectivity index (χ4v) is 17.5. The van der Waals surface area contributed by atoms with Gasteiger partial charge in [0.1, 0.15) is 0 Å². The highest BCUT2D eigenvalue weighted by molar-refractivity contribution is 6.29. The first kappa shape index (κ1) is 60.7. The van der Waals surface area contributed by atoms with Gasteiger partial charge in [-0.1, -0.05) is 243 Å². The van der Waals surface area contributed by atoms with Crippen LogP contribution in [-0.2, 0) is 0 Å². The number of para-hydroxylation sites is 2. The molecule has 0 spiro atoms. The molecule has 0 bridgehead atoms. The van der Waals surface area contributed by atoms with Crippen molar-refractivity contribution in [1.29, 1.82) is 5.26 Å². The average Bonchev–Trinajstić information content (AvgIpc) is 1.53. The summed E-state index contributed by atoms with van der Waals surface area (Å²) in [5.41, 5.74) is 20.4. The van der Waals surface area contributed by atoms with Crippen LogP contribution < -0.4 is 0 Å². The highest BCUT2D eigenvalue weighted by atomic mass is 15.0. The van der Waals surface area contributed by atoms with Gasteiger partial charge in [-0.05, 0) is 228 Å². The fourth-order valence-electron chi connectivity index (χ4n) is 17.5. The maximum Gasteiger partial charge on any atom is 0.189 e. The molecule has 0 saturated carbocycles. The molecule has 23 rings (SSSR count). The molecule has 7 nitrogen and oxygen atoms in total. The lowest BCUT2D eigenvalue weighted by Gasteiger charge is -2.15. The Labute approximate surface area is 619 Å². The molecule has 23 aromatic rings. The molecule has 7 heteroatoms. The van der Waals surface area contributed by atoms with E-state index in [0.29, 0.717) is 28.7 Å². The Morgan fingerprint density at radius 2 is 0.611 bits per heavy atom. The van der Waals surface area contributed by atoms with Gasteiger partial charge in [-0.3, -0.25) is 0 Å². The van der Waals surface area contributed by atoms with Crippen molar-refractivity contribution >= 4 is 135 Å². The summed E-state index contributed by atoms with van der Waals surface area (Å²) < 4.78 is 4.64. The minimum atomic E-state index is 0.649. The molecule has 0 fully saturated rings. The van der Waals surface area contributed by atoms with Gasteiger partial charge < -0.3 is 9.13 Å². The highest BCUT2D eigenvalue weighted by Gasteiger charge is 2.24. The summed E-state index contributed by atoms with van der Waals surface area (Å²) in [6, 6.07) is 126. The molecule has 0 unspecified atom stereocenters. The smallest absolute Gasteiger partial charge is 0.189 e. The maximum atomic E-state index is 10.0. The van der Waals surface area contributed by atoms with Gasteiger partial charge in [0.2, 0.25) is 0 Å². The predicted octanol–water partition coefficient (Wildman–Crippen LogP) is 26.8. The molecule has 20 aromatic carbocycles. The molecule has 496 valence electrons. The van der Waals surface area contributed by atoms with Crippen molar-refractivity contribution < 1.29 is 0 Å². The minimum absolute atomic E-state index is 0.649. The topological polar surface area (TPSA) is 76.7 Å². The van der Waals surface area contributed by atoms with E-state index in [0.717, 1.165) is 88.2 Å². The van der Waals surface area contributed by atoms with Crippen LogP contribution in [-0.4, -0.2) is 24.1 Å². The van der Waals surface area contributed by atoms with E-state index in [2.05, 4.69) is 275 Å². The molecule has 0 radical (unpaired) electrons. The predicted molar refractivity (Wildman–Crippen MR) is 449 cm³/mol. The molecule has 0 aliphatic rings. The number of aromatic nitrogens is 5. The van der Waals surface area contributed by atoms with E-state index < -0.39 is 0 Å². The molecular formula is C101H57N7. The molecule has 0 aliphatic heterocycles. The van der Waals surface area contributed by atoms with E-state index in [-0.39, 0.29) is 0 Å². The Kier molecular flexibility index (Phi) is 13.4. The third kappa shape index (κ3) is 9.50. The van der Waals surface area contributed by atoms with E-state index in [1.54, 1.807) is 0 Å². The van der Waals surface area contributed by atoms with Crippen molar-refractivity contribution in [2.24, 2.45) is 0 Å². The SMILES string of the molecule is N#Cc1ccc2c3c1ccc1c(-c4ccc(-c5cc6ccc7cc(-c8nc(-c9ccccc9)nc(-c9ccccc9)n8)cc8ccc(c5)c6c78)cc4)ccc(c13)n2-c1ccccc1.[C-]#[N+]c1cc2ccc3cc(-c4ccc(-c5cc6ccc7cccc8ccc(c5)c6c78)cc4)cc4c3c2c(c1)n4-c1ccccc1. The minimum Gasteiger partial charge on any atom is -0.310 e. The summed E-state index contributed by atoms with van der Waals surface area (Å²) in [4.78, 5) is 18.8. The van der Waals surface area contributed by atoms with Gasteiger partial charge in [0.25, 0.3) is 0 Å². The summed E-state index contributed by atoms with van der Waals surface area (Å²) in [6.45, 7) is 7.73. The molecule has 0 atom stereocenters. The molecule has 0 aliphatic carbocycles. The summed E-state index contributed by atoms with van der Waals surface area (Å²) in [7, 11) is 0. The zero-order valence-electron chi connectivity index (χ0n) is 58.0. The fraction of sp³-hybridized carbons (Fsp3) is 0. The van der Waals surface area contributed by atoms with Crippen molar-refractivity contribution in [1.82, 2.24) is 24.1 Å². The van der Waals surface area contributed by atoms with E-state index in [1.807, 2.05) is 91.0 Å². The van der Waals surface area contributed by atoms with Crippen molar-refractivity contribution in [2.45, 2.75) is 0 Å². The quantitative estimate of drug-likeness (QED) is 0.107. The zero-order chi connectivity index (χ0) is 71.2. The lowest BCUT2D eigenvalue weighted by Crippen LogP contribution is -2.00. The van der Waals surface area contributed by atoms with E-state index >= 15 is 0 Å². The van der Waals surface area contributed by atoms with Crippen molar-refractivity contribution in [2.75, 3.05) is 0 Å². The number of hydrogen-bond acceptors (Lipinski definition) is 4. The molecule has 3 aromatic heterocycles. The largest absolute Gasteiger partial charge is 0.310 e. The van der Waals surface area contributed by atoms with E-state index in [1.165, 1.54) is 114 Å². The van der Waals surface area contributed by atoms with E-state index in [9.17, 15) is 5.26 Å². The van der Waals surface area contributed by atoms with Crippen LogP contribution in [0.25, 0.3) is 225 Å². The molecule has 0 amide bonds. The monoisotopic (exact) mass is 1370 g/mol. The standard InChI is InChI=1S/C58H33N5.C43H24N2/c59-34-43-24-28-50-54-48(43)25-26-49-47(27-29-51(55(49)54)63(50)46-14-8-3-9-15-46)36-18-16-35(17-19-36)44-30-39-20-22-41-32-45(33-42-23-21-40(31-44)52(39)53(41)42)58-61-56(37-10-4-1-5-11-37)60-57(62-58)38-12-6-2-7-13-38;1-44-36-23-33-19-18-32-22-35(24-38-42(32)43(33)39(25-36)45(38)37-8-3-2-4-9-37)27-12-10-26(11-13-27)34-20-30-16-14-28-6-5-7-29-15-17-31(21-34)41(30)40(28)29/h1-33H;2-25H. The molecule has 3 heterocycles. The number of rotatable bonds is 9. The maximum absolute atomic E-state index is 10.0. The van der Waals surface area contributed by atoms with Crippen LogP contribution in [0.4, 0.5) is 5.69 Å². The third-order valence-electron chi connectivity index (χ3n) is 22.4. The van der Waals surface area contributed by atoms with Crippen molar-refractivity contribution in [3.63, 3.8) is 0 Å². The Morgan fingerprint density at radius 3 is 1.08 bits per heavy atom. The second kappa shape index (κ2) is 23.8. The second-order valence-electron chi connectivity index (χ2n) is 28.4. The van der Waals surface area contributed by atoms with Crippen LogP contribution >= 0.6 is 0 Å². The Morgan fingerprint density at radius 1 is 0.250 bits per heavy atom. The molecule has 0 saturated heterocycles. The van der Waals surface area contributed by atoms with Gasteiger partial charge >= 0.3 is 0 Å². The average molecular weight is 1370 g/mol. The lowest BCUT2D eigenvalue weighted by molar-refractivity contribution is 1.07. The van der Waals surface area contributed by atoms with Crippen molar-refractivity contribution in [3.05, 3.63) is 363 Å². The zero-order valence-corrected chi connectivity index (χ0v) is 58.0. The first-order valence-electron chi connectivity index (χ1n) is 36.4. The van der Waals surface area contributed by atoms with Gasteiger partial charge in [-0.15, -0.1) is 0 Å². The van der Waals surface area contributed by atoms with Gasteiger partial charge in [-0.2, -0.15) is 5.26 Å². The van der Waals surface area contributed by atoms with Crippen LogP contribution in [0.1, 0.15) is 5.56 Å². The summed E-state index contributed by atoms with van der Waals surface area (Å²) in [6.07, 6.45) is 0. The number of hydrogen-bond donors (Lipinski definition) is 0. The number of nitriles is 1. The molecule has 108 heavy (non-hydrogen) atoms. The second-order valence-corrected chi connectivity index (χ2v) is 28.4. The summed E-state index contributed by atoms with van der Waals surface area (Å²) >= 11 is 0. The number of benzene rings is 20. The summed E-state index contributed by atoms with van der Waals surface area (Å²) in [5, 5.41) is 34.4.